The Kier molecular flexibility index (Phi) is 2.04. The van der Waals surface area contributed by atoms with Crippen molar-refractivity contribution < 1.29 is 5.03 Å². The van der Waals surface area contributed by atoms with Gasteiger partial charge < -0.3 is 0 Å². The first-order valence-electron chi connectivity index (χ1n) is 2.94. The second kappa shape index (κ2) is 2.83. The summed E-state index contributed by atoms with van der Waals surface area (Å²) >= 11 is 1.28. The smallest absolute Gasteiger partial charge is 0.234 e. The number of aromatic nitrogens is 1. The summed E-state index contributed by atoms with van der Waals surface area (Å²) in [5, 5.41) is 9.67. The highest BCUT2D eigenvalue weighted by atomic mass is 32.1. The molecule has 0 aromatic carbocycles. The number of thiazole rings is 1. The average Bonchev–Trinajstić information content (AvgIpc) is 2.10. The fourth-order valence-electron chi connectivity index (χ4n) is 0.599. The number of hydrogen-bond donors (Lipinski definition) is 1. The molecule has 0 aliphatic carbocycles. The molecule has 0 bridgehead atoms. The summed E-state index contributed by atoms with van der Waals surface area (Å²) in [4.78, 5) is 14.9. The van der Waals surface area contributed by atoms with Crippen LogP contribution in [-0.2, 0) is 0 Å². The molecule has 1 rings (SSSR count). The van der Waals surface area contributed by atoms with Crippen molar-refractivity contribution in [3.8, 4) is 0 Å². The Bertz CT molecular complexity index is 264. The van der Waals surface area contributed by atoms with Crippen LogP contribution in [0, 0.1) is 24.0 Å². The van der Waals surface area contributed by atoms with E-state index in [0.717, 1.165) is 10.6 Å². The first kappa shape index (κ1) is 7.93. The van der Waals surface area contributed by atoms with E-state index in [1.807, 2.05) is 19.3 Å². The van der Waals surface area contributed by atoms with Crippen LogP contribution in [0.5, 0.6) is 0 Å². The van der Waals surface area contributed by atoms with Gasteiger partial charge in [-0.1, -0.05) is 16.8 Å². The summed E-state index contributed by atoms with van der Waals surface area (Å²) in [7, 11) is 0. The summed E-state index contributed by atoms with van der Waals surface area (Å²) < 4.78 is 0. The highest BCUT2D eigenvalue weighted by Gasteiger charge is 2.06. The number of anilines is 1. The van der Waals surface area contributed by atoms with E-state index in [-0.39, 0.29) is 0 Å². The van der Waals surface area contributed by atoms with E-state index in [1.54, 1.807) is 0 Å². The van der Waals surface area contributed by atoms with Crippen LogP contribution in [0.15, 0.2) is 0 Å². The Balaban J connectivity index is 2.81. The molecule has 0 atom stereocenters. The van der Waals surface area contributed by atoms with Gasteiger partial charge in [-0.25, -0.2) is 15.1 Å². The van der Waals surface area contributed by atoms with Gasteiger partial charge in [-0.05, 0) is 13.8 Å². The van der Waals surface area contributed by atoms with E-state index < -0.39 is 5.03 Å². The molecule has 0 aliphatic rings. The molecule has 6 heteroatoms. The van der Waals surface area contributed by atoms with Gasteiger partial charge >= 0.3 is 0 Å². The number of hydrazine groups is 1. The van der Waals surface area contributed by atoms with Gasteiger partial charge in [-0.2, -0.15) is 0 Å². The normalized spacial score (nSPS) is 9.64. The summed E-state index contributed by atoms with van der Waals surface area (Å²) in [5.41, 5.74) is 2.83. The molecule has 1 N–H and O–H groups in total. The molecule has 0 amide bonds. The lowest BCUT2D eigenvalue weighted by atomic mass is 10.4. The fourth-order valence-corrected chi connectivity index (χ4v) is 1.38. The van der Waals surface area contributed by atoms with Crippen LogP contribution < -0.4 is 5.43 Å². The second-order valence-electron chi connectivity index (χ2n) is 2.03. The lowest BCUT2D eigenvalue weighted by Crippen LogP contribution is -2.06. The highest BCUT2D eigenvalue weighted by molar-refractivity contribution is 7.15. The minimum Gasteiger partial charge on any atom is -0.234 e. The largest absolute Gasteiger partial charge is 0.246 e. The number of nitro groups is 1. The highest BCUT2D eigenvalue weighted by Crippen LogP contribution is 2.20. The van der Waals surface area contributed by atoms with E-state index in [0.29, 0.717) is 5.13 Å². The third-order valence-electron chi connectivity index (χ3n) is 1.22. The summed E-state index contributed by atoms with van der Waals surface area (Å²) in [6, 6.07) is 0. The van der Waals surface area contributed by atoms with Gasteiger partial charge in [-0.15, -0.1) is 0 Å². The van der Waals surface area contributed by atoms with Crippen molar-refractivity contribution in [3.63, 3.8) is 0 Å². The first-order chi connectivity index (χ1) is 5.09. The quantitative estimate of drug-likeness (QED) is 0.541. The average molecular weight is 173 g/mol. The maximum Gasteiger partial charge on any atom is 0.246 e. The van der Waals surface area contributed by atoms with Crippen LogP contribution in [0.2, 0.25) is 0 Å². The lowest BCUT2D eigenvalue weighted by molar-refractivity contribution is -0.445. The molecule has 5 nitrogen and oxygen atoms in total. The number of aryl methyl sites for hydroxylation is 2. The van der Waals surface area contributed by atoms with E-state index >= 15 is 0 Å². The third-order valence-corrected chi connectivity index (χ3v) is 2.19. The molecule has 0 unspecified atom stereocenters. The number of nitrogens with zero attached hydrogens (tertiary/aromatic N) is 2. The summed E-state index contributed by atoms with van der Waals surface area (Å²) in [5.74, 6) is 0. The van der Waals surface area contributed by atoms with Crippen LogP contribution >= 0.6 is 11.3 Å². The monoisotopic (exact) mass is 173 g/mol. The van der Waals surface area contributed by atoms with Gasteiger partial charge in [-0.3, -0.25) is 0 Å². The van der Waals surface area contributed by atoms with Gasteiger partial charge in [0.15, 0.2) is 5.03 Å². The van der Waals surface area contributed by atoms with Crippen LogP contribution in [0.4, 0.5) is 5.13 Å². The Morgan fingerprint density at radius 2 is 2.27 bits per heavy atom. The van der Waals surface area contributed by atoms with Crippen molar-refractivity contribution >= 4 is 16.5 Å². The van der Waals surface area contributed by atoms with Crippen LogP contribution in [0.25, 0.3) is 0 Å². The summed E-state index contributed by atoms with van der Waals surface area (Å²) in [6.07, 6.45) is 0. The van der Waals surface area contributed by atoms with Crippen LogP contribution in [0.1, 0.15) is 10.6 Å². The second-order valence-corrected chi connectivity index (χ2v) is 3.23. The molecule has 0 aliphatic heterocycles. The number of rotatable bonds is 2. The predicted octanol–water partition coefficient (Wildman–Crippen LogP) is 1.36. The number of nitrogens with one attached hydrogen (secondary N) is 1. The number of hydrogen-bond acceptors (Lipinski definition) is 4. The van der Waals surface area contributed by atoms with Crippen molar-refractivity contribution in [1.29, 1.82) is 0 Å². The summed E-state index contributed by atoms with van der Waals surface area (Å²) in [6.45, 7) is 3.69. The van der Waals surface area contributed by atoms with E-state index in [2.05, 4.69) is 4.98 Å². The molecule has 1 heterocycles. The van der Waals surface area contributed by atoms with Crippen molar-refractivity contribution in [1.82, 2.24) is 4.98 Å². The van der Waals surface area contributed by atoms with Crippen LogP contribution in [-0.4, -0.2) is 10.0 Å². The van der Waals surface area contributed by atoms with Gasteiger partial charge in [0.05, 0.1) is 5.69 Å². The molecule has 0 saturated carbocycles. The Morgan fingerprint density at radius 3 is 2.64 bits per heavy atom. The van der Waals surface area contributed by atoms with Crippen molar-refractivity contribution in [3.05, 3.63) is 20.7 Å². The van der Waals surface area contributed by atoms with Gasteiger partial charge in [0.2, 0.25) is 5.13 Å². The van der Waals surface area contributed by atoms with Crippen molar-refractivity contribution in [2.75, 3.05) is 5.43 Å². The molecule has 0 saturated heterocycles. The maximum absolute atomic E-state index is 9.95. The van der Waals surface area contributed by atoms with Gasteiger partial charge in [0.25, 0.3) is 0 Å². The molecule has 0 radical (unpaired) electrons. The van der Waals surface area contributed by atoms with Gasteiger partial charge in [0.1, 0.15) is 0 Å². The molecule has 11 heavy (non-hydrogen) atoms. The topological polar surface area (TPSA) is 68.1 Å². The molecule has 1 aromatic rings. The molecule has 60 valence electrons. The maximum atomic E-state index is 9.95. The Hall–Kier alpha value is -1.17. The van der Waals surface area contributed by atoms with E-state index in [4.69, 9.17) is 0 Å². The van der Waals surface area contributed by atoms with Crippen molar-refractivity contribution in [2.24, 2.45) is 0 Å². The minimum atomic E-state index is -0.613. The van der Waals surface area contributed by atoms with Crippen molar-refractivity contribution in [2.45, 2.75) is 13.8 Å². The molecule has 1 aromatic heterocycles. The van der Waals surface area contributed by atoms with Crippen LogP contribution in [0.3, 0.4) is 0 Å². The Labute approximate surface area is 67.2 Å². The predicted molar refractivity (Wildman–Crippen MR) is 42.2 cm³/mol. The molecule has 0 fully saturated rings. The van der Waals surface area contributed by atoms with E-state index in [1.165, 1.54) is 11.3 Å². The standard InChI is InChI=1S/C5H7N3O2S/c1-3-4(2)11-5(6-3)7-8(9)10/h1-2H3,(H,6,7). The Morgan fingerprint density at radius 1 is 1.64 bits per heavy atom. The molecular formula is C5H7N3O2S. The zero-order valence-electron chi connectivity index (χ0n) is 6.12. The molecule has 0 spiro atoms. The first-order valence-corrected chi connectivity index (χ1v) is 3.76. The zero-order chi connectivity index (χ0) is 8.43. The lowest BCUT2D eigenvalue weighted by Gasteiger charge is -1.86. The SMILES string of the molecule is Cc1nc(N[N+](=O)[O-])sc1C. The minimum absolute atomic E-state index is 0.338. The fraction of sp³-hybridized carbons (Fsp3) is 0.400. The molecular weight excluding hydrogens is 166 g/mol. The third kappa shape index (κ3) is 1.87. The zero-order valence-corrected chi connectivity index (χ0v) is 6.94. The van der Waals surface area contributed by atoms with Gasteiger partial charge in [0, 0.05) is 4.88 Å². The van der Waals surface area contributed by atoms with E-state index in [9.17, 15) is 10.1 Å².